The molecule has 37 heteroatoms. The number of phosphoric acid groups is 1. The smallest absolute Gasteiger partial charge is 0.481 e. The number of amides is 3. The van der Waals surface area contributed by atoms with E-state index < -0.39 is 194 Å². The van der Waals surface area contributed by atoms with Gasteiger partial charge in [-0.1, -0.05) is 57.7 Å². The number of carboxylic acid groups (broad SMARTS) is 1. The van der Waals surface area contributed by atoms with Crippen molar-refractivity contribution < 1.29 is 120 Å². The molecule has 0 radical (unpaired) electrons. The first-order chi connectivity index (χ1) is 50.8. The number of hydrazine groups is 1. The normalized spacial score (nSPS) is 17.0. The van der Waals surface area contributed by atoms with Crippen LogP contribution in [0, 0.1) is 53.1 Å². The van der Waals surface area contributed by atoms with Crippen LogP contribution >= 0.6 is 7.82 Å². The van der Waals surface area contributed by atoms with E-state index in [4.69, 9.17) is 14.0 Å². The number of alkyl halides is 8. The van der Waals surface area contributed by atoms with E-state index in [0.29, 0.717) is 106 Å². The Hall–Kier alpha value is -9.27. The minimum atomic E-state index is -5.56. The lowest BCUT2D eigenvalue weighted by Crippen LogP contribution is -2.62. The van der Waals surface area contributed by atoms with Crippen molar-refractivity contribution in [1.29, 1.82) is 0 Å². The third-order valence-electron chi connectivity index (χ3n) is 19.8. The van der Waals surface area contributed by atoms with Crippen molar-refractivity contribution in [3.8, 4) is 28.8 Å². The van der Waals surface area contributed by atoms with E-state index in [2.05, 4.69) is 51.6 Å². The second kappa shape index (κ2) is 34.8. The molecule has 3 saturated heterocycles. The number of benzene rings is 3. The molecule has 3 amide bonds. The maximum absolute atomic E-state index is 16.9. The van der Waals surface area contributed by atoms with Crippen molar-refractivity contribution in [3.05, 3.63) is 124 Å². The average molecular weight is 1570 g/mol. The van der Waals surface area contributed by atoms with Crippen LogP contribution in [0.15, 0.2) is 73.2 Å². The number of methoxy groups -OCH3 is 2. The second-order valence-electron chi connectivity index (χ2n) is 29.0. The van der Waals surface area contributed by atoms with Crippen LogP contribution in [-0.4, -0.2) is 194 Å². The summed E-state index contributed by atoms with van der Waals surface area (Å²) in [7, 11) is -2.72. The Balaban J connectivity index is 1.27. The van der Waals surface area contributed by atoms with Crippen LogP contribution in [0.2, 0.25) is 0 Å². The van der Waals surface area contributed by atoms with Gasteiger partial charge < -0.3 is 43.7 Å². The molecule has 3 aromatic carbocycles. The summed E-state index contributed by atoms with van der Waals surface area (Å²) in [4.78, 5) is 132. The van der Waals surface area contributed by atoms with Crippen LogP contribution in [0.5, 0.6) is 5.75 Å². The molecule has 0 saturated carbocycles. The predicted molar refractivity (Wildman–Crippen MR) is 368 cm³/mol. The molecule has 0 spiro atoms. The number of alkyl carbamates (subject to hydrolysis) is 1. The lowest BCUT2D eigenvalue weighted by Gasteiger charge is -2.47. The van der Waals surface area contributed by atoms with E-state index in [1.165, 1.54) is 58.2 Å². The van der Waals surface area contributed by atoms with Crippen molar-refractivity contribution in [3.63, 3.8) is 0 Å². The summed E-state index contributed by atoms with van der Waals surface area (Å²) in [5.74, 6) is -9.49. The molecule has 6 atom stereocenters. The molecule has 3 aliphatic heterocycles. The molecule has 3 aliphatic rings. The molecular weight excluding hydrogens is 1480 g/mol. The van der Waals surface area contributed by atoms with Gasteiger partial charge in [0.15, 0.2) is 5.78 Å². The molecule has 2 unspecified atom stereocenters. The Morgan fingerprint density at radius 3 is 1.94 bits per heavy atom. The van der Waals surface area contributed by atoms with Crippen LogP contribution < -0.4 is 20.2 Å². The number of halogens is 10. The number of fused-ring (bicyclic) bond motifs is 2. The number of hydrogen-bond acceptors (Lipinski definition) is 19. The molecule has 5 N–H and O–H groups in total. The van der Waals surface area contributed by atoms with Crippen LogP contribution in [0.1, 0.15) is 126 Å². The van der Waals surface area contributed by atoms with Crippen LogP contribution in [-0.2, 0) is 77.1 Å². The fourth-order valence-electron chi connectivity index (χ4n) is 13.5. The van der Waals surface area contributed by atoms with Gasteiger partial charge in [-0.3, -0.25) is 48.9 Å². The highest BCUT2D eigenvalue weighted by Gasteiger charge is 2.57. The molecule has 26 nitrogen and oxygen atoms in total. The summed E-state index contributed by atoms with van der Waals surface area (Å²) >= 11 is 0. The molecule has 109 heavy (non-hydrogen) atoms. The number of carbonyl (C=O) groups is 7. The van der Waals surface area contributed by atoms with Gasteiger partial charge in [-0.15, -0.1) is 0 Å². The minimum Gasteiger partial charge on any atom is -0.481 e. The van der Waals surface area contributed by atoms with Crippen LogP contribution in [0.25, 0.3) is 11.3 Å². The number of carboxylic acids is 1. The number of nitrogens with zero attached hydrogens (tertiary/aromatic N) is 8. The number of piperazine rings is 1. The average Bonchev–Trinajstić information content (AvgIpc) is 1.71. The van der Waals surface area contributed by atoms with Crippen molar-refractivity contribution >= 4 is 55.4 Å². The number of aliphatic carboxylic acids is 1. The standard InChI is InChI=1S/C72H85F10N10O16P/c1-40-23-46(29-58(94)88(8)21-20-59(95)96)62(56(24-40)108-109(101,102)103)68(2,3)31-61(98)107-57(37-90(87-64(99)51(30-60(97)104-9)69(4,5)71(77,78)79)36-50-52(73)26-44(27-53(50)74)54-19-22-91(86-54)65(75)76)45(28-55(93)63(85-67(100)105-10)70(6,7)72(80,81)82)25-42-14-11-41(12-15-42)13-16-43-32-83-66(84-33-43)89-34-47-17-18-48(35-89)92(47)49-38-106-39-49/h11-12,14-15,19,22-24,26-27,32-33,45,47-49,51,57,63,65H,17-18,20-21,25,28-31,34-39H2,1-10H3,(H,85,100)(H,87,99)(H,95,96)(H2,101,102,103)/t45-,47?,48?,51-,57+,63-/m1/s1. The minimum absolute atomic E-state index is 0.0505. The predicted octanol–water partition coefficient (Wildman–Crippen LogP) is 9.73. The van der Waals surface area contributed by atoms with Gasteiger partial charge >= 0.3 is 50.7 Å². The van der Waals surface area contributed by atoms with Gasteiger partial charge in [0.2, 0.25) is 17.8 Å². The van der Waals surface area contributed by atoms with Crippen LogP contribution in [0.3, 0.4) is 0 Å². The van der Waals surface area contributed by atoms with Crippen LogP contribution in [0.4, 0.5) is 54.6 Å². The fraction of sp³-hybridized carbons (Fsp3) is 0.528. The second-order valence-corrected chi connectivity index (χ2v) is 30.1. The number of rotatable bonds is 32. The van der Waals surface area contributed by atoms with E-state index in [1.807, 2.05) is 5.32 Å². The molecule has 2 aromatic heterocycles. The third-order valence-corrected chi connectivity index (χ3v) is 20.2. The van der Waals surface area contributed by atoms with Crippen molar-refractivity contribution in [1.82, 2.24) is 45.3 Å². The maximum atomic E-state index is 16.9. The molecule has 5 aromatic rings. The molecule has 0 aliphatic carbocycles. The van der Waals surface area contributed by atoms with Crippen molar-refractivity contribution in [2.45, 2.75) is 161 Å². The van der Waals surface area contributed by atoms with Crippen molar-refractivity contribution in [2.75, 3.05) is 65.6 Å². The van der Waals surface area contributed by atoms with Gasteiger partial charge in [-0.2, -0.15) is 40.2 Å². The summed E-state index contributed by atoms with van der Waals surface area (Å²) in [5.41, 5.74) is -7.17. The van der Waals surface area contributed by atoms with Gasteiger partial charge in [0.05, 0.1) is 93.7 Å². The zero-order valence-corrected chi connectivity index (χ0v) is 62.0. The number of aryl methyl sites for hydroxylation is 1. The number of Topliss-reactive ketones (excluding diaryl/α,β-unsaturated/α-hetero) is 1. The molecule has 3 fully saturated rings. The Kier molecular flexibility index (Phi) is 27.2. The summed E-state index contributed by atoms with van der Waals surface area (Å²) in [6, 6.07) is 8.98. The van der Waals surface area contributed by atoms with E-state index in [1.54, 1.807) is 12.4 Å². The summed E-state index contributed by atoms with van der Waals surface area (Å²) < 4.78 is 192. The van der Waals surface area contributed by atoms with E-state index >= 15 is 44.7 Å². The first kappa shape index (κ1) is 85.3. The first-order valence-electron chi connectivity index (χ1n) is 34.3. The van der Waals surface area contributed by atoms with Gasteiger partial charge in [-0.05, 0) is 93.1 Å². The lowest BCUT2D eigenvalue weighted by atomic mass is 9.75. The summed E-state index contributed by atoms with van der Waals surface area (Å²) in [6.07, 6.45) is -13.8. The molecular formula is C72H85F10N10O16P. The Labute approximate surface area is 620 Å². The Morgan fingerprint density at radius 2 is 1.40 bits per heavy atom. The quantitative estimate of drug-likeness (QED) is 0.00667. The number of likely N-dealkylation sites (N-methyl/N-ethyl adjacent to an activating group) is 1. The zero-order valence-electron chi connectivity index (χ0n) is 61.1. The number of carbonyl (C=O) groups excluding carboxylic acids is 6. The highest BCUT2D eigenvalue weighted by molar-refractivity contribution is 7.46. The summed E-state index contributed by atoms with van der Waals surface area (Å²) in [6.45, 7) is 2.95. The van der Waals surface area contributed by atoms with E-state index in [-0.39, 0.29) is 33.5 Å². The molecule has 5 heterocycles. The topological polar surface area (TPSA) is 324 Å². The number of anilines is 1. The molecule has 594 valence electrons. The highest BCUT2D eigenvalue weighted by atomic mass is 31.2. The number of hydrogen-bond donors (Lipinski definition) is 5. The highest BCUT2D eigenvalue weighted by Crippen LogP contribution is 2.48. The van der Waals surface area contributed by atoms with Gasteiger partial charge in [-0.25, -0.2) is 37.8 Å². The van der Waals surface area contributed by atoms with Gasteiger partial charge in [0.1, 0.15) is 29.5 Å². The number of nitrogens with one attached hydrogen (secondary N) is 2. The Morgan fingerprint density at radius 1 is 0.798 bits per heavy atom. The fourth-order valence-corrected chi connectivity index (χ4v) is 13.9. The number of ketones is 1. The number of phosphoric ester groups is 1. The van der Waals surface area contributed by atoms with E-state index in [0.717, 1.165) is 50.3 Å². The van der Waals surface area contributed by atoms with E-state index in [9.17, 15) is 52.2 Å². The van der Waals surface area contributed by atoms with Gasteiger partial charge in [0.25, 0.3) is 0 Å². The zero-order chi connectivity index (χ0) is 80.6. The first-order valence-corrected chi connectivity index (χ1v) is 35.8. The van der Waals surface area contributed by atoms with Crippen molar-refractivity contribution in [2.24, 2.45) is 22.7 Å². The number of ether oxygens (including phenoxy) is 4. The Bertz CT molecular complexity index is 4220. The largest absolute Gasteiger partial charge is 0.524 e. The van der Waals surface area contributed by atoms with Gasteiger partial charge in [0, 0.05) is 104 Å². The monoisotopic (exact) mass is 1570 g/mol. The molecule has 8 rings (SSSR count). The lowest BCUT2D eigenvalue weighted by molar-refractivity contribution is -0.231. The SMILES string of the molecule is COC(=O)C[C@H](C(=O)NN(Cc1c(F)cc(-c2ccn(C(F)F)n2)cc1F)C[C@H](OC(=O)CC(C)(C)c1c(CC(=O)N(C)CCC(=O)O)cc(C)cc1OP(=O)(O)O)[C@@H](CC(=O)[C@@H](NC(=O)OC)C(C)(C)C(F)(F)F)Cc1ccc(C#Cc2cnc(N3CC4CCC(C3)N4C3COC3)nc2)cc1)C(C)(C)C(F)(F)F. The number of aromatic nitrogens is 4. The number of esters is 2. The molecule has 2 bridgehead atoms. The summed E-state index contributed by atoms with van der Waals surface area (Å²) in [5, 5.41) is 15.4. The maximum Gasteiger partial charge on any atom is 0.524 e. The third kappa shape index (κ3) is 21.6.